The minimum atomic E-state index is -0.723. The fourth-order valence-electron chi connectivity index (χ4n) is 1.98. The minimum Gasteiger partial charge on any atom is -0.388 e. The van der Waals surface area contributed by atoms with Crippen LogP contribution in [-0.4, -0.2) is 5.11 Å². The molecule has 19 heavy (non-hydrogen) atoms. The number of aliphatic hydroxyl groups is 1. The molecule has 0 aliphatic rings. The van der Waals surface area contributed by atoms with Gasteiger partial charge in [0, 0.05) is 11.4 Å². The molecule has 0 spiro atoms. The zero-order valence-corrected chi connectivity index (χ0v) is 11.8. The lowest BCUT2D eigenvalue weighted by atomic mass is 9.98. The van der Waals surface area contributed by atoms with Gasteiger partial charge in [-0.15, -0.1) is 0 Å². The molecule has 0 saturated carbocycles. The third-order valence-corrected chi connectivity index (χ3v) is 3.80. The SMILES string of the molecule is Cc1c(Cl)cccc1C(O)Cc1ccc(Cl)c(F)c1. The Hall–Kier alpha value is -1.09. The maximum Gasteiger partial charge on any atom is 0.142 e. The molecule has 1 nitrogen and oxygen atoms in total. The second kappa shape index (κ2) is 5.91. The smallest absolute Gasteiger partial charge is 0.142 e. The van der Waals surface area contributed by atoms with Gasteiger partial charge in [-0.1, -0.05) is 41.4 Å². The summed E-state index contributed by atoms with van der Waals surface area (Å²) in [5.41, 5.74) is 2.28. The van der Waals surface area contributed by atoms with Crippen LogP contribution in [0.2, 0.25) is 10.0 Å². The van der Waals surface area contributed by atoms with Gasteiger partial charge in [-0.2, -0.15) is 0 Å². The van der Waals surface area contributed by atoms with Crippen molar-refractivity contribution < 1.29 is 9.50 Å². The molecule has 0 heterocycles. The Labute approximate surface area is 121 Å². The molecule has 2 aromatic carbocycles. The fraction of sp³-hybridized carbons (Fsp3) is 0.200. The van der Waals surface area contributed by atoms with E-state index in [0.717, 1.165) is 11.1 Å². The van der Waals surface area contributed by atoms with Crippen molar-refractivity contribution in [1.29, 1.82) is 0 Å². The molecular formula is C15H13Cl2FO. The largest absolute Gasteiger partial charge is 0.388 e. The van der Waals surface area contributed by atoms with Crippen molar-refractivity contribution in [2.24, 2.45) is 0 Å². The highest BCUT2D eigenvalue weighted by atomic mass is 35.5. The van der Waals surface area contributed by atoms with E-state index < -0.39 is 11.9 Å². The predicted octanol–water partition coefficient (Wildman–Crippen LogP) is 4.72. The Morgan fingerprint density at radius 2 is 1.89 bits per heavy atom. The summed E-state index contributed by atoms with van der Waals surface area (Å²) >= 11 is 11.6. The topological polar surface area (TPSA) is 20.2 Å². The van der Waals surface area contributed by atoms with Gasteiger partial charge in [0.2, 0.25) is 0 Å². The highest BCUT2D eigenvalue weighted by Crippen LogP contribution is 2.27. The van der Waals surface area contributed by atoms with Gasteiger partial charge in [0.05, 0.1) is 11.1 Å². The maximum atomic E-state index is 13.3. The van der Waals surface area contributed by atoms with Gasteiger partial charge < -0.3 is 5.11 Å². The van der Waals surface area contributed by atoms with Crippen LogP contribution in [0.4, 0.5) is 4.39 Å². The summed E-state index contributed by atoms with van der Waals surface area (Å²) in [6.45, 7) is 1.85. The number of hydrogen-bond acceptors (Lipinski definition) is 1. The Kier molecular flexibility index (Phi) is 4.46. The van der Waals surface area contributed by atoms with E-state index in [1.807, 2.05) is 13.0 Å². The van der Waals surface area contributed by atoms with E-state index >= 15 is 0 Å². The molecule has 0 saturated heterocycles. The first kappa shape index (κ1) is 14.3. The number of hydrogen-bond donors (Lipinski definition) is 1. The van der Waals surface area contributed by atoms with Crippen LogP contribution in [0.3, 0.4) is 0 Å². The van der Waals surface area contributed by atoms with Crippen LogP contribution in [0.5, 0.6) is 0 Å². The van der Waals surface area contributed by atoms with Crippen molar-refractivity contribution in [3.8, 4) is 0 Å². The molecule has 0 radical (unpaired) electrons. The zero-order chi connectivity index (χ0) is 14.0. The summed E-state index contributed by atoms with van der Waals surface area (Å²) in [5, 5.41) is 10.9. The van der Waals surface area contributed by atoms with Gasteiger partial charge in [-0.05, 0) is 41.8 Å². The van der Waals surface area contributed by atoms with E-state index in [-0.39, 0.29) is 5.02 Å². The standard InChI is InChI=1S/C15H13Cl2FO/c1-9-11(3-2-4-12(9)16)15(19)8-10-5-6-13(17)14(18)7-10/h2-7,15,19H,8H2,1H3. The Balaban J connectivity index is 2.23. The first-order valence-electron chi connectivity index (χ1n) is 5.86. The van der Waals surface area contributed by atoms with Crippen molar-refractivity contribution >= 4 is 23.2 Å². The third kappa shape index (κ3) is 3.27. The van der Waals surface area contributed by atoms with Crippen LogP contribution < -0.4 is 0 Å². The maximum absolute atomic E-state index is 13.3. The first-order valence-corrected chi connectivity index (χ1v) is 6.61. The van der Waals surface area contributed by atoms with E-state index in [0.29, 0.717) is 17.0 Å². The van der Waals surface area contributed by atoms with Gasteiger partial charge in [-0.3, -0.25) is 0 Å². The molecule has 0 aliphatic heterocycles. The molecule has 0 aromatic heterocycles. The highest BCUT2D eigenvalue weighted by molar-refractivity contribution is 6.31. The van der Waals surface area contributed by atoms with Crippen molar-refractivity contribution in [2.45, 2.75) is 19.4 Å². The molecule has 2 aromatic rings. The van der Waals surface area contributed by atoms with Crippen molar-refractivity contribution in [2.75, 3.05) is 0 Å². The van der Waals surface area contributed by atoms with Crippen molar-refractivity contribution in [3.05, 3.63) is 69.0 Å². The van der Waals surface area contributed by atoms with E-state index in [4.69, 9.17) is 23.2 Å². The van der Waals surface area contributed by atoms with Gasteiger partial charge in [-0.25, -0.2) is 4.39 Å². The molecule has 100 valence electrons. The quantitative estimate of drug-likeness (QED) is 0.869. The number of rotatable bonds is 3. The minimum absolute atomic E-state index is 0.0807. The molecule has 0 amide bonds. The second-order valence-corrected chi connectivity index (χ2v) is 5.24. The van der Waals surface area contributed by atoms with Crippen LogP contribution in [0.15, 0.2) is 36.4 Å². The van der Waals surface area contributed by atoms with Crippen LogP contribution >= 0.6 is 23.2 Å². The molecule has 0 fully saturated rings. The summed E-state index contributed by atoms with van der Waals surface area (Å²) < 4.78 is 13.3. The number of aliphatic hydroxyl groups excluding tert-OH is 1. The van der Waals surface area contributed by atoms with Crippen LogP contribution in [0.1, 0.15) is 22.8 Å². The zero-order valence-electron chi connectivity index (χ0n) is 10.3. The van der Waals surface area contributed by atoms with E-state index in [2.05, 4.69) is 0 Å². The molecule has 0 bridgehead atoms. The van der Waals surface area contributed by atoms with Crippen LogP contribution in [0.25, 0.3) is 0 Å². The lowest BCUT2D eigenvalue weighted by Crippen LogP contribution is -2.04. The summed E-state index contributed by atoms with van der Waals surface area (Å²) in [6, 6.07) is 9.91. The average Bonchev–Trinajstić information content (AvgIpc) is 2.37. The molecule has 1 N–H and O–H groups in total. The highest BCUT2D eigenvalue weighted by Gasteiger charge is 2.13. The average molecular weight is 299 g/mol. The number of benzene rings is 2. The van der Waals surface area contributed by atoms with Gasteiger partial charge in [0.25, 0.3) is 0 Å². The summed E-state index contributed by atoms with van der Waals surface area (Å²) in [7, 11) is 0. The Morgan fingerprint density at radius 3 is 2.58 bits per heavy atom. The lowest BCUT2D eigenvalue weighted by Gasteiger charge is -2.15. The third-order valence-electron chi connectivity index (χ3n) is 3.08. The van der Waals surface area contributed by atoms with E-state index in [1.54, 1.807) is 18.2 Å². The van der Waals surface area contributed by atoms with Gasteiger partial charge in [0.1, 0.15) is 5.82 Å². The van der Waals surface area contributed by atoms with E-state index in [9.17, 15) is 9.50 Å². The molecule has 0 aliphatic carbocycles. The monoisotopic (exact) mass is 298 g/mol. The molecule has 4 heteroatoms. The lowest BCUT2D eigenvalue weighted by molar-refractivity contribution is 0.177. The Bertz CT molecular complexity index is 599. The summed E-state index contributed by atoms with van der Waals surface area (Å²) in [4.78, 5) is 0. The summed E-state index contributed by atoms with van der Waals surface area (Å²) in [6.07, 6.45) is -0.408. The molecule has 1 unspecified atom stereocenters. The molecule has 2 rings (SSSR count). The Morgan fingerprint density at radius 1 is 1.16 bits per heavy atom. The van der Waals surface area contributed by atoms with Crippen molar-refractivity contribution in [3.63, 3.8) is 0 Å². The van der Waals surface area contributed by atoms with Gasteiger partial charge in [0.15, 0.2) is 0 Å². The normalized spacial score (nSPS) is 12.5. The fourth-order valence-corrected chi connectivity index (χ4v) is 2.28. The summed E-state index contributed by atoms with van der Waals surface area (Å²) in [5.74, 6) is -0.478. The van der Waals surface area contributed by atoms with Crippen molar-refractivity contribution in [1.82, 2.24) is 0 Å². The first-order chi connectivity index (χ1) is 8.99. The molecule has 1 atom stereocenters. The molecular weight excluding hydrogens is 286 g/mol. The van der Waals surface area contributed by atoms with Crippen LogP contribution in [0, 0.1) is 12.7 Å². The second-order valence-electron chi connectivity index (χ2n) is 4.42. The predicted molar refractivity (Wildman–Crippen MR) is 76.3 cm³/mol. The number of halogens is 3. The van der Waals surface area contributed by atoms with Crippen LogP contribution in [-0.2, 0) is 6.42 Å². The van der Waals surface area contributed by atoms with Gasteiger partial charge >= 0.3 is 0 Å². The van der Waals surface area contributed by atoms with E-state index in [1.165, 1.54) is 12.1 Å².